The lowest BCUT2D eigenvalue weighted by Crippen LogP contribution is -2.47. The second-order valence-electron chi connectivity index (χ2n) is 6.09. The van der Waals surface area contributed by atoms with Crippen LogP contribution in [0.2, 0.25) is 0 Å². The Labute approximate surface area is 154 Å². The van der Waals surface area contributed by atoms with Crippen molar-refractivity contribution in [3.63, 3.8) is 0 Å². The molecule has 26 heavy (non-hydrogen) atoms. The summed E-state index contributed by atoms with van der Waals surface area (Å²) in [7, 11) is 1.61. The molecule has 0 saturated heterocycles. The highest BCUT2D eigenvalue weighted by atomic mass is 16.5. The fourth-order valence-corrected chi connectivity index (χ4v) is 2.60. The van der Waals surface area contributed by atoms with Crippen LogP contribution in [0.1, 0.15) is 38.0 Å². The third kappa shape index (κ3) is 5.37. The van der Waals surface area contributed by atoms with Crippen LogP contribution < -0.4 is 10.1 Å². The molecule has 1 aromatic carbocycles. The summed E-state index contributed by atoms with van der Waals surface area (Å²) in [6, 6.07) is 10.5. The first-order valence-corrected chi connectivity index (χ1v) is 8.77. The molecule has 0 spiro atoms. The quantitative estimate of drug-likeness (QED) is 0.747. The number of furan rings is 1. The predicted molar refractivity (Wildman–Crippen MR) is 98.5 cm³/mol. The average Bonchev–Trinajstić information content (AvgIpc) is 3.18. The SMILES string of the molecule is CCCC(=O)N(Cc1ccc(OC)cc1)[C@@H](C)C(=O)NCc1ccco1. The van der Waals surface area contributed by atoms with Crippen molar-refractivity contribution in [2.45, 2.75) is 45.8 Å². The van der Waals surface area contributed by atoms with Crippen molar-refractivity contribution in [3.05, 3.63) is 54.0 Å². The van der Waals surface area contributed by atoms with E-state index in [2.05, 4.69) is 5.32 Å². The maximum atomic E-state index is 12.6. The average molecular weight is 358 g/mol. The van der Waals surface area contributed by atoms with Crippen LogP contribution in [-0.4, -0.2) is 29.9 Å². The number of rotatable bonds is 9. The van der Waals surface area contributed by atoms with Crippen LogP contribution in [0.25, 0.3) is 0 Å². The van der Waals surface area contributed by atoms with E-state index >= 15 is 0 Å². The number of nitrogens with one attached hydrogen (secondary N) is 1. The third-order valence-electron chi connectivity index (χ3n) is 4.16. The van der Waals surface area contributed by atoms with E-state index in [1.807, 2.05) is 31.2 Å². The highest BCUT2D eigenvalue weighted by Gasteiger charge is 2.25. The molecule has 0 fully saturated rings. The number of amides is 2. The number of nitrogens with zero attached hydrogens (tertiary/aromatic N) is 1. The predicted octanol–water partition coefficient (Wildman–Crippen LogP) is 3.12. The van der Waals surface area contributed by atoms with Gasteiger partial charge in [-0.3, -0.25) is 9.59 Å². The zero-order valence-corrected chi connectivity index (χ0v) is 15.5. The van der Waals surface area contributed by atoms with Gasteiger partial charge in [0.1, 0.15) is 17.6 Å². The number of benzene rings is 1. The van der Waals surface area contributed by atoms with Crippen molar-refractivity contribution in [1.82, 2.24) is 10.2 Å². The van der Waals surface area contributed by atoms with Crippen LogP contribution in [-0.2, 0) is 22.7 Å². The summed E-state index contributed by atoms with van der Waals surface area (Å²) < 4.78 is 10.4. The smallest absolute Gasteiger partial charge is 0.242 e. The molecular weight excluding hydrogens is 332 g/mol. The van der Waals surface area contributed by atoms with Crippen LogP contribution in [0.15, 0.2) is 47.1 Å². The molecule has 6 heteroatoms. The van der Waals surface area contributed by atoms with E-state index in [1.54, 1.807) is 37.3 Å². The van der Waals surface area contributed by atoms with Crippen molar-refractivity contribution in [2.75, 3.05) is 7.11 Å². The molecule has 1 heterocycles. The third-order valence-corrected chi connectivity index (χ3v) is 4.16. The maximum absolute atomic E-state index is 12.6. The Hall–Kier alpha value is -2.76. The summed E-state index contributed by atoms with van der Waals surface area (Å²) in [6.45, 7) is 4.37. The van der Waals surface area contributed by atoms with Gasteiger partial charge < -0.3 is 19.4 Å². The van der Waals surface area contributed by atoms with E-state index in [0.29, 0.717) is 25.3 Å². The summed E-state index contributed by atoms with van der Waals surface area (Å²) in [4.78, 5) is 26.7. The summed E-state index contributed by atoms with van der Waals surface area (Å²) in [6.07, 6.45) is 2.70. The van der Waals surface area contributed by atoms with Crippen molar-refractivity contribution in [1.29, 1.82) is 0 Å². The number of ether oxygens (including phenoxy) is 1. The molecule has 2 aromatic rings. The second-order valence-corrected chi connectivity index (χ2v) is 6.09. The molecule has 6 nitrogen and oxygen atoms in total. The Kier molecular flexibility index (Phi) is 7.26. The molecule has 140 valence electrons. The van der Waals surface area contributed by atoms with Gasteiger partial charge in [0.2, 0.25) is 11.8 Å². The van der Waals surface area contributed by atoms with Crippen LogP contribution in [0.4, 0.5) is 0 Å². The number of methoxy groups -OCH3 is 1. The molecule has 0 bridgehead atoms. The molecular formula is C20H26N2O4. The van der Waals surface area contributed by atoms with Crippen molar-refractivity contribution in [2.24, 2.45) is 0 Å². The number of carbonyl (C=O) groups excluding carboxylic acids is 2. The number of carbonyl (C=O) groups is 2. The van der Waals surface area contributed by atoms with Gasteiger partial charge in [0.15, 0.2) is 0 Å². The van der Waals surface area contributed by atoms with Crippen LogP contribution >= 0.6 is 0 Å². The molecule has 0 saturated carbocycles. The first-order chi connectivity index (χ1) is 12.5. The standard InChI is InChI=1S/C20H26N2O4/c1-4-6-19(23)22(14-16-8-10-17(25-3)11-9-16)15(2)20(24)21-13-18-7-5-12-26-18/h5,7-12,15H,4,6,13-14H2,1-3H3,(H,21,24)/t15-/m0/s1. The molecule has 0 aliphatic rings. The Morgan fingerprint density at radius 1 is 1.23 bits per heavy atom. The van der Waals surface area contributed by atoms with Gasteiger partial charge in [-0.2, -0.15) is 0 Å². The zero-order chi connectivity index (χ0) is 18.9. The van der Waals surface area contributed by atoms with Gasteiger partial charge >= 0.3 is 0 Å². The van der Waals surface area contributed by atoms with E-state index in [9.17, 15) is 9.59 Å². The molecule has 1 aromatic heterocycles. The van der Waals surface area contributed by atoms with Crippen LogP contribution in [0, 0.1) is 0 Å². The van der Waals surface area contributed by atoms with Crippen LogP contribution in [0.3, 0.4) is 0 Å². The summed E-state index contributed by atoms with van der Waals surface area (Å²) in [5, 5.41) is 2.82. The second kappa shape index (κ2) is 9.65. The fourth-order valence-electron chi connectivity index (χ4n) is 2.60. The molecule has 1 N–H and O–H groups in total. The zero-order valence-electron chi connectivity index (χ0n) is 15.5. The Morgan fingerprint density at radius 3 is 2.54 bits per heavy atom. The van der Waals surface area contributed by atoms with Crippen molar-refractivity contribution >= 4 is 11.8 Å². The van der Waals surface area contributed by atoms with Gasteiger partial charge in [0.25, 0.3) is 0 Å². The van der Waals surface area contributed by atoms with Gasteiger partial charge in [0.05, 0.1) is 19.9 Å². The van der Waals surface area contributed by atoms with Crippen molar-refractivity contribution in [3.8, 4) is 5.75 Å². The largest absolute Gasteiger partial charge is 0.497 e. The van der Waals surface area contributed by atoms with E-state index in [-0.39, 0.29) is 11.8 Å². The fraction of sp³-hybridized carbons (Fsp3) is 0.400. The summed E-state index contributed by atoms with van der Waals surface area (Å²) in [5.41, 5.74) is 0.945. The number of hydrogen-bond donors (Lipinski definition) is 1. The Bertz CT molecular complexity index is 695. The van der Waals surface area contributed by atoms with E-state index < -0.39 is 6.04 Å². The van der Waals surface area contributed by atoms with Gasteiger partial charge in [0, 0.05) is 13.0 Å². The van der Waals surface area contributed by atoms with Gasteiger partial charge in [-0.1, -0.05) is 19.1 Å². The highest BCUT2D eigenvalue weighted by molar-refractivity contribution is 5.87. The van der Waals surface area contributed by atoms with Crippen molar-refractivity contribution < 1.29 is 18.7 Å². The molecule has 2 rings (SSSR count). The monoisotopic (exact) mass is 358 g/mol. The summed E-state index contributed by atoms with van der Waals surface area (Å²) in [5.74, 6) is 1.18. The number of hydrogen-bond acceptors (Lipinski definition) is 4. The molecule has 0 aliphatic carbocycles. The van der Waals surface area contributed by atoms with E-state index in [4.69, 9.17) is 9.15 Å². The lowest BCUT2D eigenvalue weighted by Gasteiger charge is -2.28. The topological polar surface area (TPSA) is 71.8 Å². The van der Waals surface area contributed by atoms with Gasteiger partial charge in [-0.05, 0) is 43.2 Å². The van der Waals surface area contributed by atoms with E-state index in [0.717, 1.165) is 17.7 Å². The van der Waals surface area contributed by atoms with Gasteiger partial charge in [-0.15, -0.1) is 0 Å². The minimum atomic E-state index is -0.578. The first-order valence-electron chi connectivity index (χ1n) is 8.77. The molecule has 1 atom stereocenters. The highest BCUT2D eigenvalue weighted by Crippen LogP contribution is 2.16. The lowest BCUT2D eigenvalue weighted by atomic mass is 10.1. The minimum Gasteiger partial charge on any atom is -0.497 e. The molecule has 2 amide bonds. The lowest BCUT2D eigenvalue weighted by molar-refractivity contribution is -0.140. The van der Waals surface area contributed by atoms with Crippen LogP contribution in [0.5, 0.6) is 5.75 Å². The van der Waals surface area contributed by atoms with E-state index in [1.165, 1.54) is 0 Å². The molecule has 0 unspecified atom stereocenters. The maximum Gasteiger partial charge on any atom is 0.242 e. The molecule has 0 radical (unpaired) electrons. The summed E-state index contributed by atoms with van der Waals surface area (Å²) >= 11 is 0. The normalized spacial score (nSPS) is 11.7. The first kappa shape index (κ1) is 19.6. The Morgan fingerprint density at radius 2 is 1.96 bits per heavy atom. The molecule has 0 aliphatic heterocycles. The Balaban J connectivity index is 2.06. The van der Waals surface area contributed by atoms with Gasteiger partial charge in [-0.25, -0.2) is 0 Å². The minimum absolute atomic E-state index is 0.0380.